The zero-order valence-electron chi connectivity index (χ0n) is 15.4. The van der Waals surface area contributed by atoms with Gasteiger partial charge in [0, 0.05) is 7.05 Å². The van der Waals surface area contributed by atoms with Gasteiger partial charge in [0.25, 0.3) is 0 Å². The number of methoxy groups -OCH3 is 1. The van der Waals surface area contributed by atoms with Crippen molar-refractivity contribution >= 4 is 22.7 Å². The summed E-state index contributed by atoms with van der Waals surface area (Å²) in [5.41, 5.74) is 3.19. The van der Waals surface area contributed by atoms with Crippen LogP contribution >= 0.6 is 0 Å². The normalized spacial score (nSPS) is 11.6. The first kappa shape index (κ1) is 17.6. The maximum absolute atomic E-state index is 9.66. The second-order valence-corrected chi connectivity index (χ2v) is 6.23. The first-order valence-electron chi connectivity index (χ1n) is 8.41. The van der Waals surface area contributed by atoms with Crippen LogP contribution in [0.2, 0.25) is 0 Å². The van der Waals surface area contributed by atoms with Crippen LogP contribution in [0, 0.1) is 11.3 Å². The van der Waals surface area contributed by atoms with Crippen LogP contribution in [0.1, 0.15) is 25.2 Å². The van der Waals surface area contributed by atoms with E-state index in [9.17, 15) is 5.26 Å². The molecule has 2 aromatic carbocycles. The minimum Gasteiger partial charge on any atom is -0.493 e. The summed E-state index contributed by atoms with van der Waals surface area (Å²) in [6, 6.07) is 15.7. The molecule has 0 unspecified atom stereocenters. The number of aromatic nitrogens is 2. The second kappa shape index (κ2) is 7.32. The minimum absolute atomic E-state index is 0.0555. The van der Waals surface area contributed by atoms with Gasteiger partial charge in [0.15, 0.2) is 17.3 Å². The van der Waals surface area contributed by atoms with Gasteiger partial charge in [-0.25, -0.2) is 4.98 Å². The molecule has 0 saturated carbocycles. The number of ether oxygens (including phenoxy) is 2. The van der Waals surface area contributed by atoms with E-state index in [1.54, 1.807) is 7.11 Å². The van der Waals surface area contributed by atoms with E-state index in [-0.39, 0.29) is 6.10 Å². The van der Waals surface area contributed by atoms with Gasteiger partial charge in [-0.05, 0) is 49.8 Å². The summed E-state index contributed by atoms with van der Waals surface area (Å²) < 4.78 is 13.1. The number of aryl methyl sites for hydroxylation is 1. The molecule has 0 radical (unpaired) electrons. The number of imidazole rings is 1. The predicted octanol–water partition coefficient (Wildman–Crippen LogP) is 4.43. The Bertz CT molecular complexity index is 1010. The van der Waals surface area contributed by atoms with Gasteiger partial charge in [0.2, 0.25) is 0 Å². The molecule has 0 saturated heterocycles. The van der Waals surface area contributed by atoms with Gasteiger partial charge in [-0.1, -0.05) is 18.2 Å². The summed E-state index contributed by atoms with van der Waals surface area (Å²) in [6.07, 6.45) is 1.86. The van der Waals surface area contributed by atoms with Crippen molar-refractivity contribution in [3.8, 4) is 17.6 Å². The summed E-state index contributed by atoms with van der Waals surface area (Å²) in [5.74, 6) is 1.95. The van der Waals surface area contributed by atoms with Crippen LogP contribution < -0.4 is 9.47 Å². The van der Waals surface area contributed by atoms with Crippen molar-refractivity contribution in [2.45, 2.75) is 20.0 Å². The lowest BCUT2D eigenvalue weighted by Crippen LogP contribution is -2.06. The highest BCUT2D eigenvalue weighted by Crippen LogP contribution is 2.30. The molecule has 0 N–H and O–H groups in total. The molecule has 0 amide bonds. The fourth-order valence-electron chi connectivity index (χ4n) is 2.83. The molecule has 0 bridgehead atoms. The standard InChI is InChI=1S/C21H21N3O2/c1-14(2)26-19-10-9-15(12-20(19)25-4)11-16(13-22)21-23-17-7-5-6-8-18(17)24(21)3/h5-12,14H,1-4H3/b16-11-. The number of benzene rings is 2. The van der Waals surface area contributed by atoms with Gasteiger partial charge < -0.3 is 14.0 Å². The van der Waals surface area contributed by atoms with Gasteiger partial charge in [0.1, 0.15) is 6.07 Å². The van der Waals surface area contributed by atoms with E-state index >= 15 is 0 Å². The molecule has 3 rings (SSSR count). The molecule has 1 aromatic heterocycles. The summed E-state index contributed by atoms with van der Waals surface area (Å²) in [7, 11) is 3.52. The quantitative estimate of drug-likeness (QED) is 0.641. The second-order valence-electron chi connectivity index (χ2n) is 6.23. The van der Waals surface area contributed by atoms with E-state index < -0.39 is 0 Å². The number of allylic oxidation sites excluding steroid dienone is 1. The molecule has 26 heavy (non-hydrogen) atoms. The van der Waals surface area contributed by atoms with Crippen LogP contribution in [0.4, 0.5) is 0 Å². The maximum Gasteiger partial charge on any atom is 0.161 e. The lowest BCUT2D eigenvalue weighted by atomic mass is 10.1. The topological polar surface area (TPSA) is 60.1 Å². The van der Waals surface area contributed by atoms with Crippen molar-refractivity contribution in [3.05, 3.63) is 53.9 Å². The molecule has 5 nitrogen and oxygen atoms in total. The minimum atomic E-state index is 0.0555. The van der Waals surface area contributed by atoms with E-state index in [0.717, 1.165) is 16.6 Å². The third kappa shape index (κ3) is 3.40. The Hall–Kier alpha value is -3.26. The molecule has 0 fully saturated rings. The molecule has 3 aromatic rings. The largest absolute Gasteiger partial charge is 0.493 e. The Kier molecular flexibility index (Phi) is 4.94. The van der Waals surface area contributed by atoms with Crippen molar-refractivity contribution in [1.82, 2.24) is 9.55 Å². The first-order chi connectivity index (χ1) is 12.5. The van der Waals surface area contributed by atoms with Crippen LogP contribution in [0.3, 0.4) is 0 Å². The van der Waals surface area contributed by atoms with Crippen molar-refractivity contribution in [2.24, 2.45) is 7.05 Å². The molecular formula is C21H21N3O2. The molecule has 0 aliphatic carbocycles. The molecule has 0 atom stereocenters. The maximum atomic E-state index is 9.66. The van der Waals surface area contributed by atoms with Crippen LogP contribution in [0.25, 0.3) is 22.7 Å². The van der Waals surface area contributed by atoms with Gasteiger partial charge in [0.05, 0.1) is 29.8 Å². The van der Waals surface area contributed by atoms with Crippen LogP contribution in [-0.2, 0) is 7.05 Å². The molecule has 0 aliphatic rings. The van der Waals surface area contributed by atoms with E-state index in [4.69, 9.17) is 9.47 Å². The number of nitriles is 1. The SMILES string of the molecule is COc1cc(/C=C(/C#N)c2nc3ccccc3n2C)ccc1OC(C)C. The Morgan fingerprint density at radius 2 is 1.96 bits per heavy atom. The highest BCUT2D eigenvalue weighted by molar-refractivity contribution is 5.91. The average Bonchev–Trinajstić information content (AvgIpc) is 2.97. The summed E-state index contributed by atoms with van der Waals surface area (Å²) in [4.78, 5) is 4.60. The Morgan fingerprint density at radius 1 is 1.19 bits per heavy atom. The fourth-order valence-corrected chi connectivity index (χ4v) is 2.83. The van der Waals surface area contributed by atoms with Gasteiger partial charge >= 0.3 is 0 Å². The van der Waals surface area contributed by atoms with E-state index in [1.807, 2.05) is 74.0 Å². The van der Waals surface area contributed by atoms with Crippen LogP contribution in [-0.4, -0.2) is 22.8 Å². The monoisotopic (exact) mass is 347 g/mol. The summed E-state index contributed by atoms with van der Waals surface area (Å²) in [6.45, 7) is 3.93. The van der Waals surface area contributed by atoms with Crippen molar-refractivity contribution in [1.29, 1.82) is 5.26 Å². The molecule has 0 aliphatic heterocycles. The molecular weight excluding hydrogens is 326 g/mol. The highest BCUT2D eigenvalue weighted by Gasteiger charge is 2.13. The zero-order valence-corrected chi connectivity index (χ0v) is 15.4. The molecule has 5 heteroatoms. The Morgan fingerprint density at radius 3 is 2.62 bits per heavy atom. The van der Waals surface area contributed by atoms with Crippen LogP contribution in [0.5, 0.6) is 11.5 Å². The number of nitrogens with zero attached hydrogens (tertiary/aromatic N) is 3. The highest BCUT2D eigenvalue weighted by atomic mass is 16.5. The predicted molar refractivity (Wildman–Crippen MR) is 103 cm³/mol. The number of hydrogen-bond donors (Lipinski definition) is 0. The number of para-hydroxylation sites is 2. The average molecular weight is 347 g/mol. The Labute approximate surface area is 153 Å². The summed E-state index contributed by atoms with van der Waals surface area (Å²) >= 11 is 0. The molecule has 132 valence electrons. The third-order valence-corrected chi connectivity index (χ3v) is 4.01. The number of fused-ring (bicyclic) bond motifs is 1. The van der Waals surface area contributed by atoms with Gasteiger partial charge in [-0.15, -0.1) is 0 Å². The van der Waals surface area contributed by atoms with Crippen molar-refractivity contribution in [3.63, 3.8) is 0 Å². The lowest BCUT2D eigenvalue weighted by Gasteiger charge is -2.13. The number of rotatable bonds is 5. The summed E-state index contributed by atoms with van der Waals surface area (Å²) in [5, 5.41) is 9.66. The van der Waals surface area contributed by atoms with Crippen molar-refractivity contribution < 1.29 is 9.47 Å². The molecule has 0 spiro atoms. The number of hydrogen-bond acceptors (Lipinski definition) is 4. The van der Waals surface area contributed by atoms with E-state index in [1.165, 1.54) is 0 Å². The lowest BCUT2D eigenvalue weighted by molar-refractivity contribution is 0.230. The Balaban J connectivity index is 2.03. The van der Waals surface area contributed by atoms with Crippen molar-refractivity contribution in [2.75, 3.05) is 7.11 Å². The smallest absolute Gasteiger partial charge is 0.161 e. The van der Waals surface area contributed by atoms with Gasteiger partial charge in [-0.2, -0.15) is 5.26 Å². The third-order valence-electron chi connectivity index (χ3n) is 4.01. The van der Waals surface area contributed by atoms with E-state index in [0.29, 0.717) is 22.9 Å². The fraction of sp³-hybridized carbons (Fsp3) is 0.238. The van der Waals surface area contributed by atoms with E-state index in [2.05, 4.69) is 11.1 Å². The van der Waals surface area contributed by atoms with Gasteiger partial charge in [-0.3, -0.25) is 0 Å². The molecule has 1 heterocycles. The van der Waals surface area contributed by atoms with Crippen LogP contribution in [0.15, 0.2) is 42.5 Å². The first-order valence-corrected chi connectivity index (χ1v) is 8.41. The zero-order chi connectivity index (χ0) is 18.7.